The van der Waals surface area contributed by atoms with Crippen LogP contribution in [0.25, 0.3) is 0 Å². The molecule has 0 saturated heterocycles. The number of aryl methyl sites for hydroxylation is 1. The van der Waals surface area contributed by atoms with Crippen molar-refractivity contribution in [2.75, 3.05) is 5.32 Å². The van der Waals surface area contributed by atoms with Gasteiger partial charge in [0.15, 0.2) is 0 Å². The number of halogens is 1. The van der Waals surface area contributed by atoms with Crippen LogP contribution in [0.3, 0.4) is 0 Å². The van der Waals surface area contributed by atoms with E-state index in [0.717, 1.165) is 25.3 Å². The Morgan fingerprint density at radius 1 is 1.44 bits per heavy atom. The third-order valence-corrected chi connectivity index (χ3v) is 3.68. The summed E-state index contributed by atoms with van der Waals surface area (Å²) >= 11 is 0. The molecule has 0 heterocycles. The van der Waals surface area contributed by atoms with Crippen LogP contribution < -0.4 is 5.32 Å². The summed E-state index contributed by atoms with van der Waals surface area (Å²) in [5.74, 6) is -0.0401. The summed E-state index contributed by atoms with van der Waals surface area (Å²) in [5.41, 5.74) is 0.670. The second-order valence-corrected chi connectivity index (χ2v) is 5.03. The average molecular weight is 252 g/mol. The highest BCUT2D eigenvalue weighted by molar-refractivity contribution is 5.63. The minimum absolute atomic E-state index is 0.183. The summed E-state index contributed by atoms with van der Waals surface area (Å²) in [6.45, 7) is 3.75. The molecule has 4 nitrogen and oxygen atoms in total. The van der Waals surface area contributed by atoms with Gasteiger partial charge in [-0.2, -0.15) is 0 Å². The zero-order chi connectivity index (χ0) is 13.3. The summed E-state index contributed by atoms with van der Waals surface area (Å²) in [6, 6.07) is 2.77. The normalized spacial score (nSPS) is 23.1. The van der Waals surface area contributed by atoms with Gasteiger partial charge in [0, 0.05) is 6.04 Å². The lowest BCUT2D eigenvalue weighted by Gasteiger charge is -2.19. The predicted octanol–water partition coefficient (Wildman–Crippen LogP) is 3.64. The number of nitro benzene ring substituents is 1. The first kappa shape index (κ1) is 12.8. The highest BCUT2D eigenvalue weighted by atomic mass is 19.1. The number of nitrogens with zero attached hydrogens (tertiary/aromatic N) is 1. The van der Waals surface area contributed by atoms with E-state index in [4.69, 9.17) is 0 Å². The first-order chi connectivity index (χ1) is 8.49. The van der Waals surface area contributed by atoms with Crippen LogP contribution in [0.2, 0.25) is 0 Å². The van der Waals surface area contributed by atoms with Crippen LogP contribution in [0.4, 0.5) is 15.8 Å². The maximum Gasteiger partial charge on any atom is 0.295 e. The lowest BCUT2D eigenvalue weighted by molar-refractivity contribution is -0.384. The Morgan fingerprint density at radius 3 is 2.72 bits per heavy atom. The molecule has 1 N–H and O–H groups in total. The monoisotopic (exact) mass is 252 g/mol. The molecule has 1 aromatic carbocycles. The standard InChI is InChI=1S/C13H17FN2O2/c1-8-4-3-5-11(8)15-12-6-9(2)10(14)7-13(12)16(17)18/h6-8,11,15H,3-5H2,1-2H3. The van der Waals surface area contributed by atoms with Gasteiger partial charge in [0.05, 0.1) is 11.0 Å². The molecule has 1 aliphatic carbocycles. The van der Waals surface area contributed by atoms with Crippen molar-refractivity contribution in [3.63, 3.8) is 0 Å². The molecule has 1 aromatic rings. The molecular weight excluding hydrogens is 235 g/mol. The fraction of sp³-hybridized carbons (Fsp3) is 0.538. The van der Waals surface area contributed by atoms with Gasteiger partial charge in [-0.05, 0) is 37.3 Å². The Bertz CT molecular complexity index is 476. The van der Waals surface area contributed by atoms with Crippen LogP contribution in [0.5, 0.6) is 0 Å². The lowest BCUT2D eigenvalue weighted by atomic mass is 10.1. The van der Waals surface area contributed by atoms with Gasteiger partial charge in [-0.25, -0.2) is 4.39 Å². The molecule has 2 unspecified atom stereocenters. The van der Waals surface area contributed by atoms with Gasteiger partial charge in [-0.15, -0.1) is 0 Å². The molecule has 18 heavy (non-hydrogen) atoms. The van der Waals surface area contributed by atoms with E-state index in [2.05, 4.69) is 12.2 Å². The molecule has 1 fully saturated rings. The van der Waals surface area contributed by atoms with E-state index < -0.39 is 10.7 Å². The number of hydrogen-bond acceptors (Lipinski definition) is 3. The van der Waals surface area contributed by atoms with Crippen molar-refractivity contribution in [3.8, 4) is 0 Å². The number of nitro groups is 1. The van der Waals surface area contributed by atoms with E-state index in [1.54, 1.807) is 6.92 Å². The molecule has 2 rings (SSSR count). The molecule has 0 amide bonds. The van der Waals surface area contributed by atoms with Crippen LogP contribution in [0, 0.1) is 28.8 Å². The van der Waals surface area contributed by atoms with Gasteiger partial charge < -0.3 is 5.32 Å². The van der Waals surface area contributed by atoms with Crippen molar-refractivity contribution in [1.82, 2.24) is 0 Å². The molecule has 0 radical (unpaired) electrons. The van der Waals surface area contributed by atoms with E-state index in [1.807, 2.05) is 0 Å². The first-order valence-corrected chi connectivity index (χ1v) is 6.20. The van der Waals surface area contributed by atoms with E-state index in [0.29, 0.717) is 17.2 Å². The highest BCUT2D eigenvalue weighted by Crippen LogP contribution is 2.33. The molecule has 1 aliphatic rings. The summed E-state index contributed by atoms with van der Waals surface area (Å²) in [4.78, 5) is 10.4. The van der Waals surface area contributed by atoms with Gasteiger partial charge in [0.1, 0.15) is 11.5 Å². The van der Waals surface area contributed by atoms with Crippen molar-refractivity contribution in [3.05, 3.63) is 33.6 Å². The van der Waals surface area contributed by atoms with Crippen molar-refractivity contribution < 1.29 is 9.31 Å². The van der Waals surface area contributed by atoms with Crippen molar-refractivity contribution in [2.45, 2.75) is 39.2 Å². The van der Waals surface area contributed by atoms with E-state index in [1.165, 1.54) is 6.07 Å². The predicted molar refractivity (Wildman–Crippen MR) is 68.2 cm³/mol. The van der Waals surface area contributed by atoms with E-state index in [-0.39, 0.29) is 11.7 Å². The lowest BCUT2D eigenvalue weighted by Crippen LogP contribution is -2.22. The Morgan fingerprint density at radius 2 is 2.17 bits per heavy atom. The van der Waals surface area contributed by atoms with Crippen LogP contribution in [-0.4, -0.2) is 11.0 Å². The van der Waals surface area contributed by atoms with Gasteiger partial charge in [0.2, 0.25) is 0 Å². The summed E-state index contributed by atoms with van der Waals surface area (Å²) in [6.07, 6.45) is 3.27. The van der Waals surface area contributed by atoms with Crippen molar-refractivity contribution in [2.24, 2.45) is 5.92 Å². The second-order valence-electron chi connectivity index (χ2n) is 5.03. The van der Waals surface area contributed by atoms with Gasteiger partial charge in [-0.3, -0.25) is 10.1 Å². The second kappa shape index (κ2) is 4.92. The molecule has 2 atom stereocenters. The van der Waals surface area contributed by atoms with Crippen LogP contribution in [0.15, 0.2) is 12.1 Å². The third kappa shape index (κ3) is 2.44. The number of rotatable bonds is 3. The molecule has 0 bridgehead atoms. The quantitative estimate of drug-likeness (QED) is 0.660. The zero-order valence-electron chi connectivity index (χ0n) is 10.6. The zero-order valence-corrected chi connectivity index (χ0v) is 10.6. The van der Waals surface area contributed by atoms with E-state index >= 15 is 0 Å². The topological polar surface area (TPSA) is 55.2 Å². The maximum atomic E-state index is 13.4. The Balaban J connectivity index is 2.30. The SMILES string of the molecule is Cc1cc(NC2CCCC2C)c([N+](=O)[O-])cc1F. The van der Waals surface area contributed by atoms with Gasteiger partial charge in [-0.1, -0.05) is 13.3 Å². The van der Waals surface area contributed by atoms with Gasteiger partial charge >= 0.3 is 0 Å². The summed E-state index contributed by atoms with van der Waals surface area (Å²) in [5, 5.41) is 14.1. The molecule has 0 spiro atoms. The molecule has 0 aliphatic heterocycles. The fourth-order valence-corrected chi connectivity index (χ4v) is 2.50. The minimum Gasteiger partial charge on any atom is -0.376 e. The third-order valence-electron chi connectivity index (χ3n) is 3.68. The number of hydrogen-bond donors (Lipinski definition) is 1. The maximum absolute atomic E-state index is 13.4. The van der Waals surface area contributed by atoms with Crippen molar-refractivity contribution in [1.29, 1.82) is 0 Å². The number of benzene rings is 1. The Hall–Kier alpha value is -1.65. The Labute approximate surface area is 105 Å². The number of nitrogens with one attached hydrogen (secondary N) is 1. The van der Waals surface area contributed by atoms with E-state index in [9.17, 15) is 14.5 Å². The van der Waals surface area contributed by atoms with Crippen LogP contribution in [0.1, 0.15) is 31.7 Å². The average Bonchev–Trinajstić information content (AvgIpc) is 2.69. The first-order valence-electron chi connectivity index (χ1n) is 6.20. The highest BCUT2D eigenvalue weighted by Gasteiger charge is 2.26. The van der Waals surface area contributed by atoms with Crippen LogP contribution >= 0.6 is 0 Å². The van der Waals surface area contributed by atoms with Crippen molar-refractivity contribution >= 4 is 11.4 Å². The largest absolute Gasteiger partial charge is 0.376 e. The molecular formula is C13H17FN2O2. The molecule has 5 heteroatoms. The molecule has 0 aromatic heterocycles. The van der Waals surface area contributed by atoms with Gasteiger partial charge in [0.25, 0.3) is 5.69 Å². The molecule has 1 saturated carbocycles. The number of anilines is 1. The minimum atomic E-state index is -0.537. The fourth-order valence-electron chi connectivity index (χ4n) is 2.50. The smallest absolute Gasteiger partial charge is 0.295 e. The summed E-state index contributed by atoms with van der Waals surface area (Å²) in [7, 11) is 0. The Kier molecular flexibility index (Phi) is 3.50. The molecule has 98 valence electrons. The van der Waals surface area contributed by atoms with Crippen LogP contribution in [-0.2, 0) is 0 Å². The summed E-state index contributed by atoms with van der Waals surface area (Å²) < 4.78 is 13.4.